The van der Waals surface area contributed by atoms with Crippen molar-refractivity contribution in [3.8, 4) is 17.6 Å². The van der Waals surface area contributed by atoms with Crippen molar-refractivity contribution in [1.82, 2.24) is 4.98 Å². The minimum atomic E-state index is -0.112. The molecule has 0 bridgehead atoms. The summed E-state index contributed by atoms with van der Waals surface area (Å²) in [5, 5.41) is 12.4. The van der Waals surface area contributed by atoms with Crippen LogP contribution >= 0.6 is 11.6 Å². The van der Waals surface area contributed by atoms with Gasteiger partial charge in [0.25, 0.3) is 0 Å². The number of methoxy groups -OCH3 is 1. The molecule has 0 saturated heterocycles. The molecule has 0 radical (unpaired) electrons. The number of ether oxygens (including phenoxy) is 2. The first-order chi connectivity index (χ1) is 10.6. The average molecular weight is 318 g/mol. The van der Waals surface area contributed by atoms with Crippen molar-refractivity contribution in [3.63, 3.8) is 0 Å². The molecule has 0 fully saturated rings. The molecule has 6 heteroatoms. The van der Waals surface area contributed by atoms with E-state index in [1.165, 1.54) is 0 Å². The third-order valence-electron chi connectivity index (χ3n) is 2.92. The van der Waals surface area contributed by atoms with Gasteiger partial charge in [-0.1, -0.05) is 23.7 Å². The highest BCUT2D eigenvalue weighted by molar-refractivity contribution is 6.31. The minimum Gasteiger partial charge on any atom is -0.493 e. The van der Waals surface area contributed by atoms with Crippen LogP contribution in [0.4, 0.5) is 5.82 Å². The van der Waals surface area contributed by atoms with Gasteiger partial charge in [-0.3, -0.25) is 0 Å². The standard InChI is InChI=1S/C16H16ClN3O2/c1-11(22-15-6-4-3-5-14(15)21-2)10-19-16-8-7-12(17)13(9-18)20-16/h3-8,11H,10H2,1-2H3,(H,19,20). The van der Waals surface area contributed by atoms with E-state index < -0.39 is 0 Å². The van der Waals surface area contributed by atoms with Crippen LogP contribution in [0.25, 0.3) is 0 Å². The van der Waals surface area contributed by atoms with E-state index in [4.69, 9.17) is 26.3 Å². The molecule has 0 aliphatic carbocycles. The average Bonchev–Trinajstić information content (AvgIpc) is 2.54. The molecule has 2 aromatic rings. The maximum Gasteiger partial charge on any atom is 0.161 e. The topological polar surface area (TPSA) is 67.2 Å². The van der Waals surface area contributed by atoms with Crippen LogP contribution in [0.3, 0.4) is 0 Å². The fourth-order valence-electron chi connectivity index (χ4n) is 1.84. The van der Waals surface area contributed by atoms with Crippen LogP contribution in [-0.2, 0) is 0 Å². The number of anilines is 1. The number of nitriles is 1. The summed E-state index contributed by atoms with van der Waals surface area (Å²) in [6.45, 7) is 2.46. The largest absolute Gasteiger partial charge is 0.493 e. The molecular formula is C16H16ClN3O2. The van der Waals surface area contributed by atoms with Gasteiger partial charge in [0.2, 0.25) is 0 Å². The summed E-state index contributed by atoms with van der Waals surface area (Å²) in [5.41, 5.74) is 0.199. The van der Waals surface area contributed by atoms with Gasteiger partial charge in [-0.2, -0.15) is 5.26 Å². The molecule has 1 atom stereocenters. The molecular weight excluding hydrogens is 302 g/mol. The Hall–Kier alpha value is -2.45. The van der Waals surface area contributed by atoms with Gasteiger partial charge in [0.05, 0.1) is 18.7 Å². The first-order valence-corrected chi connectivity index (χ1v) is 7.12. The lowest BCUT2D eigenvalue weighted by molar-refractivity contribution is 0.223. The van der Waals surface area contributed by atoms with E-state index in [1.807, 2.05) is 37.3 Å². The number of nitrogens with zero attached hydrogens (tertiary/aromatic N) is 2. The van der Waals surface area contributed by atoms with Gasteiger partial charge >= 0.3 is 0 Å². The van der Waals surface area contributed by atoms with Crippen LogP contribution in [0.2, 0.25) is 5.02 Å². The lowest BCUT2D eigenvalue weighted by atomic mass is 10.3. The number of hydrogen-bond acceptors (Lipinski definition) is 5. The molecule has 1 unspecified atom stereocenters. The fourth-order valence-corrected chi connectivity index (χ4v) is 1.99. The van der Waals surface area contributed by atoms with Crippen molar-refractivity contribution in [1.29, 1.82) is 5.26 Å². The quantitative estimate of drug-likeness (QED) is 0.883. The van der Waals surface area contributed by atoms with Gasteiger partial charge < -0.3 is 14.8 Å². The predicted molar refractivity (Wildman–Crippen MR) is 85.5 cm³/mol. The summed E-state index contributed by atoms with van der Waals surface area (Å²) in [4.78, 5) is 4.12. The zero-order chi connectivity index (χ0) is 15.9. The number of benzene rings is 1. The maximum absolute atomic E-state index is 8.91. The second kappa shape index (κ2) is 7.53. The molecule has 0 saturated carbocycles. The molecule has 0 spiro atoms. The number of hydrogen-bond donors (Lipinski definition) is 1. The molecule has 1 heterocycles. The van der Waals surface area contributed by atoms with Crippen molar-refractivity contribution in [3.05, 3.63) is 47.1 Å². The molecule has 0 aliphatic heterocycles. The molecule has 0 aliphatic rings. The van der Waals surface area contributed by atoms with Crippen LogP contribution in [0, 0.1) is 11.3 Å². The summed E-state index contributed by atoms with van der Waals surface area (Å²) >= 11 is 5.85. The number of halogens is 1. The van der Waals surface area contributed by atoms with E-state index in [1.54, 1.807) is 19.2 Å². The fraction of sp³-hybridized carbons (Fsp3) is 0.250. The van der Waals surface area contributed by atoms with E-state index in [0.717, 1.165) is 0 Å². The molecule has 1 aromatic heterocycles. The van der Waals surface area contributed by atoms with Crippen molar-refractivity contribution in [2.75, 3.05) is 19.0 Å². The van der Waals surface area contributed by atoms with Crippen LogP contribution in [0.5, 0.6) is 11.5 Å². The highest BCUT2D eigenvalue weighted by atomic mass is 35.5. The summed E-state index contributed by atoms with van der Waals surface area (Å²) in [5.74, 6) is 1.95. The first kappa shape index (κ1) is 15.9. The minimum absolute atomic E-state index is 0.112. The normalized spacial score (nSPS) is 11.4. The number of rotatable bonds is 6. The van der Waals surface area contributed by atoms with E-state index in [9.17, 15) is 0 Å². The van der Waals surface area contributed by atoms with E-state index >= 15 is 0 Å². The Morgan fingerprint density at radius 2 is 2.00 bits per heavy atom. The Bertz CT molecular complexity index is 685. The summed E-state index contributed by atoms with van der Waals surface area (Å²) in [6, 6.07) is 12.8. The van der Waals surface area contributed by atoms with Crippen LogP contribution in [0.15, 0.2) is 36.4 Å². The smallest absolute Gasteiger partial charge is 0.161 e. The third-order valence-corrected chi connectivity index (χ3v) is 3.22. The lowest BCUT2D eigenvalue weighted by Crippen LogP contribution is -2.23. The van der Waals surface area contributed by atoms with Gasteiger partial charge in [0.1, 0.15) is 18.0 Å². The van der Waals surface area contributed by atoms with Gasteiger partial charge in [0.15, 0.2) is 17.2 Å². The maximum atomic E-state index is 8.91. The highest BCUT2D eigenvalue weighted by Crippen LogP contribution is 2.26. The van der Waals surface area contributed by atoms with Gasteiger partial charge in [0, 0.05) is 0 Å². The number of nitrogens with one attached hydrogen (secondary N) is 1. The molecule has 2 rings (SSSR count). The molecule has 1 N–H and O–H groups in total. The Kier molecular flexibility index (Phi) is 5.45. The Morgan fingerprint density at radius 1 is 1.27 bits per heavy atom. The number of para-hydroxylation sites is 2. The van der Waals surface area contributed by atoms with E-state index in [-0.39, 0.29) is 11.8 Å². The number of pyridine rings is 1. The van der Waals surface area contributed by atoms with Crippen molar-refractivity contribution in [2.24, 2.45) is 0 Å². The molecule has 1 aromatic carbocycles. The Labute approximate surface area is 134 Å². The Morgan fingerprint density at radius 3 is 2.68 bits per heavy atom. The van der Waals surface area contributed by atoms with Crippen LogP contribution in [-0.4, -0.2) is 24.7 Å². The Balaban J connectivity index is 1.96. The number of aromatic nitrogens is 1. The zero-order valence-corrected chi connectivity index (χ0v) is 13.1. The zero-order valence-electron chi connectivity index (χ0n) is 12.3. The van der Waals surface area contributed by atoms with Crippen LogP contribution in [0.1, 0.15) is 12.6 Å². The molecule has 22 heavy (non-hydrogen) atoms. The lowest BCUT2D eigenvalue weighted by Gasteiger charge is -2.17. The van der Waals surface area contributed by atoms with Gasteiger partial charge in [-0.15, -0.1) is 0 Å². The third kappa shape index (κ3) is 4.03. The first-order valence-electron chi connectivity index (χ1n) is 6.74. The second-order valence-electron chi connectivity index (χ2n) is 4.60. The molecule has 0 amide bonds. The van der Waals surface area contributed by atoms with Crippen LogP contribution < -0.4 is 14.8 Å². The second-order valence-corrected chi connectivity index (χ2v) is 5.01. The summed E-state index contributed by atoms with van der Waals surface area (Å²) in [6.07, 6.45) is -0.112. The SMILES string of the molecule is COc1ccccc1OC(C)CNc1ccc(Cl)c(C#N)n1. The summed E-state index contributed by atoms with van der Waals surface area (Å²) in [7, 11) is 1.60. The summed E-state index contributed by atoms with van der Waals surface area (Å²) < 4.78 is 11.1. The highest BCUT2D eigenvalue weighted by Gasteiger charge is 2.09. The monoisotopic (exact) mass is 317 g/mol. The van der Waals surface area contributed by atoms with Gasteiger partial charge in [-0.05, 0) is 31.2 Å². The van der Waals surface area contributed by atoms with Gasteiger partial charge in [-0.25, -0.2) is 4.98 Å². The van der Waals surface area contributed by atoms with Crippen molar-refractivity contribution < 1.29 is 9.47 Å². The van der Waals surface area contributed by atoms with E-state index in [0.29, 0.717) is 28.9 Å². The predicted octanol–water partition coefficient (Wildman–Crippen LogP) is 3.49. The van der Waals surface area contributed by atoms with Crippen molar-refractivity contribution >= 4 is 17.4 Å². The molecule has 114 valence electrons. The molecule has 5 nitrogen and oxygen atoms in total. The van der Waals surface area contributed by atoms with E-state index in [2.05, 4.69) is 10.3 Å². The van der Waals surface area contributed by atoms with Crippen molar-refractivity contribution in [2.45, 2.75) is 13.0 Å².